The first kappa shape index (κ1) is 17.0. The number of morpholine rings is 1. The summed E-state index contributed by atoms with van der Waals surface area (Å²) in [5.74, 6) is -0.452. The fraction of sp³-hybridized carbons (Fsp3) is 0.909. The standard InChI is InChI=1S/C11H18F3IN2O2/c1-16(2)5-8-6-19-7-9(15)17(8)10(18)3-4-11(12,13)14/h8-9H,3-7H2,1-2H3. The number of alkyl halides is 4. The zero-order valence-corrected chi connectivity index (χ0v) is 13.1. The average molecular weight is 394 g/mol. The maximum atomic E-state index is 12.2. The molecule has 2 unspecified atom stereocenters. The van der Waals surface area contributed by atoms with Gasteiger partial charge in [-0.05, 0) is 14.1 Å². The summed E-state index contributed by atoms with van der Waals surface area (Å²) in [6.45, 7) is 1.31. The van der Waals surface area contributed by atoms with Crippen molar-refractivity contribution in [2.45, 2.75) is 29.1 Å². The average Bonchev–Trinajstić information content (AvgIpc) is 2.24. The number of rotatable bonds is 4. The Hall–Kier alpha value is -0.0900. The molecule has 0 aromatic rings. The number of carbonyl (C=O) groups is 1. The van der Waals surface area contributed by atoms with Gasteiger partial charge in [-0.3, -0.25) is 4.79 Å². The van der Waals surface area contributed by atoms with Crippen LogP contribution in [0.3, 0.4) is 0 Å². The van der Waals surface area contributed by atoms with Gasteiger partial charge in [0.2, 0.25) is 5.91 Å². The summed E-state index contributed by atoms with van der Waals surface area (Å²) in [7, 11) is 3.71. The monoisotopic (exact) mass is 394 g/mol. The minimum absolute atomic E-state index is 0.189. The summed E-state index contributed by atoms with van der Waals surface area (Å²) in [6, 6.07) is -0.189. The van der Waals surface area contributed by atoms with Crippen LogP contribution < -0.4 is 0 Å². The lowest BCUT2D eigenvalue weighted by molar-refractivity contribution is -0.155. The number of carbonyl (C=O) groups excluding carboxylic acids is 1. The number of hydrogen-bond donors (Lipinski definition) is 0. The lowest BCUT2D eigenvalue weighted by Crippen LogP contribution is -2.55. The van der Waals surface area contributed by atoms with E-state index in [1.165, 1.54) is 4.90 Å². The molecule has 1 heterocycles. The summed E-state index contributed by atoms with van der Waals surface area (Å²) in [6.07, 6.45) is -5.85. The van der Waals surface area contributed by atoms with E-state index in [-0.39, 0.29) is 10.1 Å². The molecule has 19 heavy (non-hydrogen) atoms. The molecule has 0 N–H and O–H groups in total. The Kier molecular flexibility index (Phi) is 6.31. The molecule has 1 aliphatic heterocycles. The summed E-state index contributed by atoms with van der Waals surface area (Å²) in [5.41, 5.74) is 0. The number of halogens is 4. The zero-order valence-electron chi connectivity index (χ0n) is 10.9. The van der Waals surface area contributed by atoms with Crippen LogP contribution in [0.4, 0.5) is 13.2 Å². The molecule has 0 radical (unpaired) electrons. The Morgan fingerprint density at radius 1 is 1.42 bits per heavy atom. The fourth-order valence-corrected chi connectivity index (χ4v) is 3.01. The number of hydrogen-bond acceptors (Lipinski definition) is 3. The summed E-state index contributed by atoms with van der Waals surface area (Å²) in [4.78, 5) is 15.4. The molecular formula is C11H18F3IN2O2. The van der Waals surface area contributed by atoms with Crippen LogP contribution in [-0.4, -0.2) is 65.8 Å². The van der Waals surface area contributed by atoms with Gasteiger partial charge in [0.25, 0.3) is 0 Å². The molecule has 1 saturated heterocycles. The van der Waals surface area contributed by atoms with Crippen molar-refractivity contribution < 1.29 is 22.7 Å². The molecule has 8 heteroatoms. The predicted molar refractivity (Wildman–Crippen MR) is 73.1 cm³/mol. The minimum atomic E-state index is -4.29. The van der Waals surface area contributed by atoms with Crippen molar-refractivity contribution in [3.63, 3.8) is 0 Å². The molecule has 0 bridgehead atoms. The third kappa shape index (κ3) is 5.82. The van der Waals surface area contributed by atoms with Gasteiger partial charge in [-0.2, -0.15) is 13.2 Å². The van der Waals surface area contributed by atoms with Gasteiger partial charge in [0.05, 0.1) is 25.7 Å². The van der Waals surface area contributed by atoms with Crippen molar-refractivity contribution in [2.75, 3.05) is 33.9 Å². The van der Waals surface area contributed by atoms with Crippen molar-refractivity contribution >= 4 is 28.5 Å². The molecule has 1 amide bonds. The van der Waals surface area contributed by atoms with Crippen LogP contribution in [0.25, 0.3) is 0 Å². The van der Waals surface area contributed by atoms with Crippen molar-refractivity contribution in [1.29, 1.82) is 0 Å². The highest BCUT2D eigenvalue weighted by atomic mass is 127. The van der Waals surface area contributed by atoms with Gasteiger partial charge in [-0.15, -0.1) is 0 Å². The highest BCUT2D eigenvalue weighted by molar-refractivity contribution is 14.1. The molecule has 1 aliphatic rings. The molecule has 0 saturated carbocycles. The van der Waals surface area contributed by atoms with Gasteiger partial charge >= 0.3 is 6.18 Å². The van der Waals surface area contributed by atoms with Gasteiger partial charge in [-0.1, -0.05) is 22.6 Å². The lowest BCUT2D eigenvalue weighted by atomic mass is 10.1. The van der Waals surface area contributed by atoms with Gasteiger partial charge in [0.15, 0.2) is 0 Å². The number of likely N-dealkylation sites (N-methyl/N-ethyl adjacent to an activating group) is 1. The summed E-state index contributed by atoms with van der Waals surface area (Å²) in [5, 5.41) is 0. The van der Waals surface area contributed by atoms with Crippen LogP contribution in [0.1, 0.15) is 12.8 Å². The number of ether oxygens (including phenoxy) is 1. The van der Waals surface area contributed by atoms with Crippen LogP contribution in [0.15, 0.2) is 0 Å². The number of nitrogens with zero attached hydrogens (tertiary/aromatic N) is 2. The molecule has 0 spiro atoms. The fourth-order valence-electron chi connectivity index (χ4n) is 1.99. The Morgan fingerprint density at radius 2 is 2.05 bits per heavy atom. The first-order valence-electron chi connectivity index (χ1n) is 5.95. The third-order valence-electron chi connectivity index (χ3n) is 2.75. The van der Waals surface area contributed by atoms with E-state index in [9.17, 15) is 18.0 Å². The largest absolute Gasteiger partial charge is 0.389 e. The SMILES string of the molecule is CN(C)CC1COCC(I)N1C(=O)CCC(F)(F)F. The quantitative estimate of drug-likeness (QED) is 0.415. The van der Waals surface area contributed by atoms with Gasteiger partial charge in [0.1, 0.15) is 4.05 Å². The first-order chi connectivity index (χ1) is 8.70. The maximum absolute atomic E-state index is 12.2. The molecule has 0 aliphatic carbocycles. The van der Waals surface area contributed by atoms with Crippen LogP contribution in [0.5, 0.6) is 0 Å². The van der Waals surface area contributed by atoms with Crippen LogP contribution in [-0.2, 0) is 9.53 Å². The van der Waals surface area contributed by atoms with Crippen molar-refractivity contribution in [1.82, 2.24) is 9.80 Å². The van der Waals surface area contributed by atoms with Crippen LogP contribution in [0, 0.1) is 0 Å². The third-order valence-corrected chi connectivity index (χ3v) is 3.71. The van der Waals surface area contributed by atoms with Crippen LogP contribution >= 0.6 is 22.6 Å². The van der Waals surface area contributed by atoms with Crippen LogP contribution in [0.2, 0.25) is 0 Å². The topological polar surface area (TPSA) is 32.8 Å². The summed E-state index contributed by atoms with van der Waals surface area (Å²) >= 11 is 2.04. The van der Waals surface area contributed by atoms with E-state index in [2.05, 4.69) is 0 Å². The normalized spacial score (nSPS) is 24.9. The maximum Gasteiger partial charge on any atom is 0.389 e. The molecule has 1 rings (SSSR count). The van der Waals surface area contributed by atoms with Gasteiger partial charge in [-0.25, -0.2) is 0 Å². The molecular weight excluding hydrogens is 376 g/mol. The first-order valence-corrected chi connectivity index (χ1v) is 7.19. The number of amides is 1. The van der Waals surface area contributed by atoms with Crippen molar-refractivity contribution in [2.24, 2.45) is 0 Å². The van der Waals surface area contributed by atoms with E-state index in [4.69, 9.17) is 4.74 Å². The Bertz CT molecular complexity index is 313. The van der Waals surface area contributed by atoms with Gasteiger partial charge in [0, 0.05) is 13.0 Å². The Balaban J connectivity index is 2.65. The Labute approximate surface area is 124 Å². The highest BCUT2D eigenvalue weighted by Gasteiger charge is 2.36. The van der Waals surface area contributed by atoms with E-state index >= 15 is 0 Å². The van der Waals surface area contributed by atoms with Crippen molar-refractivity contribution in [3.8, 4) is 0 Å². The van der Waals surface area contributed by atoms with E-state index in [1.807, 2.05) is 41.6 Å². The van der Waals surface area contributed by atoms with E-state index in [1.54, 1.807) is 0 Å². The Morgan fingerprint density at radius 3 is 2.58 bits per heavy atom. The zero-order chi connectivity index (χ0) is 14.6. The predicted octanol–water partition coefficient (Wildman–Crippen LogP) is 1.88. The molecule has 4 nitrogen and oxygen atoms in total. The second-order valence-electron chi connectivity index (χ2n) is 4.80. The van der Waals surface area contributed by atoms with E-state index < -0.39 is 24.9 Å². The summed E-state index contributed by atoms with van der Waals surface area (Å²) < 4.78 is 41.7. The second-order valence-corrected chi connectivity index (χ2v) is 6.24. The minimum Gasteiger partial charge on any atom is -0.376 e. The molecule has 2 atom stereocenters. The molecule has 112 valence electrons. The smallest absolute Gasteiger partial charge is 0.376 e. The van der Waals surface area contributed by atoms with E-state index in [0.29, 0.717) is 19.8 Å². The van der Waals surface area contributed by atoms with Crippen molar-refractivity contribution in [3.05, 3.63) is 0 Å². The molecule has 0 aromatic carbocycles. The lowest BCUT2D eigenvalue weighted by Gasteiger charge is -2.40. The molecule has 0 aromatic heterocycles. The second kappa shape index (κ2) is 7.07. The highest BCUT2D eigenvalue weighted by Crippen LogP contribution is 2.25. The van der Waals surface area contributed by atoms with E-state index in [0.717, 1.165) is 0 Å². The molecule has 1 fully saturated rings. The van der Waals surface area contributed by atoms with Gasteiger partial charge < -0.3 is 14.5 Å².